The Bertz CT molecular complexity index is 118. The Labute approximate surface area is 84.7 Å². The van der Waals surface area contributed by atoms with E-state index in [1.807, 2.05) is 0 Å². The summed E-state index contributed by atoms with van der Waals surface area (Å²) in [6, 6.07) is 0.563. The van der Waals surface area contributed by atoms with E-state index in [4.69, 9.17) is 21.1 Å². The standard InChI is InChI=1S/C9H18ClNO2/c10-3-7-12-5-1-4-11-9-2-6-13-8-9/h9,11H,1-8H2. The van der Waals surface area contributed by atoms with Gasteiger partial charge in [-0.05, 0) is 19.4 Å². The lowest BCUT2D eigenvalue weighted by molar-refractivity contribution is 0.145. The van der Waals surface area contributed by atoms with Crippen LogP contribution in [0.3, 0.4) is 0 Å². The maximum Gasteiger partial charge on any atom is 0.0620 e. The van der Waals surface area contributed by atoms with E-state index < -0.39 is 0 Å². The molecular weight excluding hydrogens is 190 g/mol. The molecule has 0 bridgehead atoms. The van der Waals surface area contributed by atoms with Crippen LogP contribution in [0.25, 0.3) is 0 Å². The fraction of sp³-hybridized carbons (Fsp3) is 1.00. The van der Waals surface area contributed by atoms with Gasteiger partial charge < -0.3 is 14.8 Å². The average Bonchev–Trinajstić information content (AvgIpc) is 2.63. The Hall–Kier alpha value is 0.170. The van der Waals surface area contributed by atoms with Gasteiger partial charge in [0.15, 0.2) is 0 Å². The van der Waals surface area contributed by atoms with Crippen molar-refractivity contribution in [1.82, 2.24) is 5.32 Å². The molecule has 1 atom stereocenters. The average molecular weight is 208 g/mol. The smallest absolute Gasteiger partial charge is 0.0620 e. The minimum absolute atomic E-state index is 0.563. The van der Waals surface area contributed by atoms with Crippen LogP contribution in [0.15, 0.2) is 0 Å². The first-order valence-corrected chi connectivity index (χ1v) is 5.42. The van der Waals surface area contributed by atoms with Crippen molar-refractivity contribution < 1.29 is 9.47 Å². The van der Waals surface area contributed by atoms with Crippen LogP contribution < -0.4 is 5.32 Å². The molecule has 3 nitrogen and oxygen atoms in total. The second kappa shape index (κ2) is 7.56. The molecule has 0 aliphatic carbocycles. The molecular formula is C9H18ClNO2. The molecule has 1 saturated heterocycles. The van der Waals surface area contributed by atoms with Gasteiger partial charge in [-0.25, -0.2) is 0 Å². The van der Waals surface area contributed by atoms with Gasteiger partial charge in [0.25, 0.3) is 0 Å². The third-order valence-corrected chi connectivity index (χ3v) is 2.20. The summed E-state index contributed by atoms with van der Waals surface area (Å²) in [6.07, 6.45) is 2.19. The molecule has 0 aromatic rings. The number of rotatable bonds is 7. The molecule has 0 aromatic carbocycles. The Balaban J connectivity index is 1.78. The molecule has 1 unspecified atom stereocenters. The molecule has 1 rings (SSSR count). The van der Waals surface area contributed by atoms with Crippen molar-refractivity contribution in [3.8, 4) is 0 Å². The Morgan fingerprint density at radius 1 is 1.46 bits per heavy atom. The van der Waals surface area contributed by atoms with Crippen molar-refractivity contribution >= 4 is 11.6 Å². The summed E-state index contributed by atoms with van der Waals surface area (Å²) < 4.78 is 10.5. The van der Waals surface area contributed by atoms with Gasteiger partial charge in [0, 0.05) is 25.1 Å². The maximum atomic E-state index is 5.46. The Morgan fingerprint density at radius 3 is 3.08 bits per heavy atom. The largest absolute Gasteiger partial charge is 0.380 e. The van der Waals surface area contributed by atoms with Gasteiger partial charge in [0.05, 0.1) is 13.2 Å². The lowest BCUT2D eigenvalue weighted by Gasteiger charge is -2.09. The highest BCUT2D eigenvalue weighted by atomic mass is 35.5. The van der Waals surface area contributed by atoms with Crippen LogP contribution in [0.2, 0.25) is 0 Å². The predicted molar refractivity (Wildman–Crippen MR) is 53.4 cm³/mol. The summed E-state index contributed by atoms with van der Waals surface area (Å²) in [6.45, 7) is 4.24. The molecule has 1 heterocycles. The minimum Gasteiger partial charge on any atom is -0.380 e. The number of hydrogen-bond donors (Lipinski definition) is 1. The van der Waals surface area contributed by atoms with Gasteiger partial charge >= 0.3 is 0 Å². The van der Waals surface area contributed by atoms with Gasteiger partial charge in [-0.15, -0.1) is 11.6 Å². The van der Waals surface area contributed by atoms with E-state index in [2.05, 4.69) is 5.32 Å². The fourth-order valence-corrected chi connectivity index (χ4v) is 1.44. The van der Waals surface area contributed by atoms with Gasteiger partial charge in [-0.2, -0.15) is 0 Å². The number of halogens is 1. The molecule has 0 aromatic heterocycles. The summed E-state index contributed by atoms with van der Waals surface area (Å²) >= 11 is 5.46. The summed E-state index contributed by atoms with van der Waals surface area (Å²) in [7, 11) is 0. The zero-order valence-corrected chi connectivity index (χ0v) is 8.68. The molecule has 1 aliphatic heterocycles. The van der Waals surface area contributed by atoms with E-state index in [1.54, 1.807) is 0 Å². The Kier molecular flexibility index (Phi) is 6.54. The van der Waals surface area contributed by atoms with Crippen molar-refractivity contribution in [2.45, 2.75) is 18.9 Å². The molecule has 0 radical (unpaired) electrons. The van der Waals surface area contributed by atoms with Crippen LogP contribution in [-0.2, 0) is 9.47 Å². The molecule has 1 aliphatic rings. The summed E-state index contributed by atoms with van der Waals surface area (Å²) in [4.78, 5) is 0. The first-order valence-electron chi connectivity index (χ1n) is 4.88. The zero-order chi connectivity index (χ0) is 9.36. The second-order valence-electron chi connectivity index (χ2n) is 3.17. The summed E-state index contributed by atoms with van der Waals surface area (Å²) in [5.74, 6) is 0.587. The van der Waals surface area contributed by atoms with Crippen molar-refractivity contribution in [3.05, 3.63) is 0 Å². The monoisotopic (exact) mass is 207 g/mol. The van der Waals surface area contributed by atoms with Gasteiger partial charge in [-0.1, -0.05) is 0 Å². The highest BCUT2D eigenvalue weighted by Gasteiger charge is 2.13. The Morgan fingerprint density at radius 2 is 2.38 bits per heavy atom. The highest BCUT2D eigenvalue weighted by molar-refractivity contribution is 6.17. The molecule has 0 saturated carbocycles. The first-order chi connectivity index (χ1) is 6.43. The van der Waals surface area contributed by atoms with Crippen molar-refractivity contribution in [2.75, 3.05) is 38.9 Å². The summed E-state index contributed by atoms with van der Waals surface area (Å²) in [5, 5.41) is 3.42. The first kappa shape index (κ1) is 11.2. The van der Waals surface area contributed by atoms with Crippen LogP contribution >= 0.6 is 11.6 Å². The van der Waals surface area contributed by atoms with E-state index in [-0.39, 0.29) is 0 Å². The summed E-state index contributed by atoms with van der Waals surface area (Å²) in [5.41, 5.74) is 0. The van der Waals surface area contributed by atoms with E-state index in [9.17, 15) is 0 Å². The fourth-order valence-electron chi connectivity index (χ4n) is 1.33. The molecule has 13 heavy (non-hydrogen) atoms. The van der Waals surface area contributed by atoms with E-state index in [0.717, 1.165) is 39.2 Å². The van der Waals surface area contributed by atoms with Crippen LogP contribution in [0.5, 0.6) is 0 Å². The number of nitrogens with one attached hydrogen (secondary N) is 1. The third kappa shape index (κ3) is 5.47. The van der Waals surface area contributed by atoms with Crippen molar-refractivity contribution in [1.29, 1.82) is 0 Å². The van der Waals surface area contributed by atoms with Crippen LogP contribution in [-0.4, -0.2) is 44.9 Å². The van der Waals surface area contributed by atoms with E-state index in [1.165, 1.54) is 0 Å². The number of ether oxygens (including phenoxy) is 2. The molecule has 1 N–H and O–H groups in total. The van der Waals surface area contributed by atoms with Gasteiger partial charge in [-0.3, -0.25) is 0 Å². The zero-order valence-electron chi connectivity index (χ0n) is 7.93. The highest BCUT2D eigenvalue weighted by Crippen LogP contribution is 2.02. The number of alkyl halides is 1. The molecule has 4 heteroatoms. The van der Waals surface area contributed by atoms with Crippen molar-refractivity contribution in [3.63, 3.8) is 0 Å². The van der Waals surface area contributed by atoms with E-state index in [0.29, 0.717) is 18.5 Å². The lowest BCUT2D eigenvalue weighted by Crippen LogP contribution is -2.30. The SMILES string of the molecule is ClCCOCCCNC1CCOC1. The predicted octanol–water partition coefficient (Wildman–Crippen LogP) is 1.01. The van der Waals surface area contributed by atoms with Gasteiger partial charge in [0.1, 0.15) is 0 Å². The van der Waals surface area contributed by atoms with Crippen LogP contribution in [0.4, 0.5) is 0 Å². The normalized spacial score (nSPS) is 22.4. The van der Waals surface area contributed by atoms with E-state index >= 15 is 0 Å². The quantitative estimate of drug-likeness (QED) is 0.500. The number of hydrogen-bond acceptors (Lipinski definition) is 3. The molecule has 78 valence electrons. The third-order valence-electron chi connectivity index (χ3n) is 2.05. The molecule has 0 amide bonds. The topological polar surface area (TPSA) is 30.5 Å². The van der Waals surface area contributed by atoms with Crippen molar-refractivity contribution in [2.24, 2.45) is 0 Å². The minimum atomic E-state index is 0.563. The van der Waals surface area contributed by atoms with Gasteiger partial charge in [0.2, 0.25) is 0 Å². The second-order valence-corrected chi connectivity index (χ2v) is 3.55. The van der Waals surface area contributed by atoms with Crippen LogP contribution in [0, 0.1) is 0 Å². The molecule has 1 fully saturated rings. The molecule has 0 spiro atoms. The van der Waals surface area contributed by atoms with Crippen LogP contribution in [0.1, 0.15) is 12.8 Å². The lowest BCUT2D eigenvalue weighted by atomic mass is 10.2. The maximum absolute atomic E-state index is 5.46.